The normalized spacial score (nSPS) is 10.1. The van der Waals surface area contributed by atoms with Gasteiger partial charge in [-0.3, -0.25) is 4.79 Å². The molecule has 0 aliphatic heterocycles. The van der Waals surface area contributed by atoms with E-state index in [0.29, 0.717) is 24.5 Å². The van der Waals surface area contributed by atoms with E-state index in [0.717, 1.165) is 16.5 Å². The Kier molecular flexibility index (Phi) is 5.18. The van der Waals surface area contributed by atoms with E-state index in [-0.39, 0.29) is 0 Å². The van der Waals surface area contributed by atoms with Gasteiger partial charge in [-0.1, -0.05) is 33.6 Å². The minimum atomic E-state index is 0.385. The average molecular weight is 335 g/mol. The lowest BCUT2D eigenvalue weighted by molar-refractivity contribution is 0.111. The van der Waals surface area contributed by atoms with Crippen molar-refractivity contribution in [3.63, 3.8) is 0 Å². The van der Waals surface area contributed by atoms with E-state index in [1.165, 1.54) is 5.56 Å². The molecule has 2 aromatic rings. The summed E-state index contributed by atoms with van der Waals surface area (Å²) < 4.78 is 12.0. The molecule has 0 radical (unpaired) electrons. The molecule has 0 heterocycles. The van der Waals surface area contributed by atoms with Crippen molar-refractivity contribution in [2.24, 2.45) is 0 Å². The third-order valence-electron chi connectivity index (χ3n) is 2.73. The van der Waals surface area contributed by atoms with Gasteiger partial charge in [0, 0.05) is 4.47 Å². The van der Waals surface area contributed by atoms with Gasteiger partial charge in [0.05, 0.1) is 5.56 Å². The van der Waals surface area contributed by atoms with Gasteiger partial charge in [0.1, 0.15) is 24.7 Å². The van der Waals surface area contributed by atoms with Crippen LogP contribution in [-0.4, -0.2) is 19.5 Å². The van der Waals surface area contributed by atoms with Gasteiger partial charge < -0.3 is 9.47 Å². The first-order chi connectivity index (χ1) is 9.69. The minimum Gasteiger partial charge on any atom is -0.490 e. The van der Waals surface area contributed by atoms with Gasteiger partial charge in [0.2, 0.25) is 0 Å². The molecule has 0 amide bonds. The zero-order valence-corrected chi connectivity index (χ0v) is 12.7. The lowest BCUT2D eigenvalue weighted by Gasteiger charge is -2.10. The summed E-state index contributed by atoms with van der Waals surface area (Å²) >= 11 is 3.32. The number of aldehydes is 1. The summed E-state index contributed by atoms with van der Waals surface area (Å²) in [5.41, 5.74) is 1.72. The van der Waals surface area contributed by atoms with Gasteiger partial charge in [-0.2, -0.15) is 0 Å². The second-order valence-electron chi connectivity index (χ2n) is 4.31. The van der Waals surface area contributed by atoms with Crippen molar-refractivity contribution >= 4 is 22.2 Å². The first-order valence-corrected chi connectivity index (χ1v) is 7.05. The Morgan fingerprint density at radius 1 is 1.05 bits per heavy atom. The quantitative estimate of drug-likeness (QED) is 0.591. The molecule has 0 atom stereocenters. The Bertz CT molecular complexity index is 579. The Balaban J connectivity index is 1.84. The van der Waals surface area contributed by atoms with Crippen molar-refractivity contribution in [2.45, 2.75) is 6.92 Å². The number of halogens is 1. The molecule has 0 bridgehead atoms. The highest BCUT2D eigenvalue weighted by Gasteiger charge is 2.03. The lowest BCUT2D eigenvalue weighted by atomic mass is 10.2. The molecule has 0 fully saturated rings. The predicted octanol–water partition coefficient (Wildman–Crippen LogP) is 4.03. The third-order valence-corrected chi connectivity index (χ3v) is 3.22. The first kappa shape index (κ1) is 14.6. The number of aryl methyl sites for hydroxylation is 1. The molecule has 4 heteroatoms. The fraction of sp³-hybridized carbons (Fsp3) is 0.188. The highest BCUT2D eigenvalue weighted by atomic mass is 79.9. The Morgan fingerprint density at radius 3 is 2.45 bits per heavy atom. The highest BCUT2D eigenvalue weighted by molar-refractivity contribution is 9.10. The monoisotopic (exact) mass is 334 g/mol. The van der Waals surface area contributed by atoms with Crippen LogP contribution in [0.5, 0.6) is 11.5 Å². The zero-order chi connectivity index (χ0) is 14.4. The Labute approximate surface area is 126 Å². The summed E-state index contributed by atoms with van der Waals surface area (Å²) in [6.07, 6.45) is 0.779. The van der Waals surface area contributed by atoms with Crippen molar-refractivity contribution in [3.8, 4) is 11.5 Å². The molecule has 0 aliphatic carbocycles. The van der Waals surface area contributed by atoms with Crippen molar-refractivity contribution in [3.05, 3.63) is 58.1 Å². The number of carbonyl (C=O) groups excluding carboxylic acids is 1. The summed E-state index contributed by atoms with van der Waals surface area (Å²) in [6.45, 7) is 2.84. The van der Waals surface area contributed by atoms with Crippen LogP contribution in [0.1, 0.15) is 15.9 Å². The smallest absolute Gasteiger partial charge is 0.153 e. The topological polar surface area (TPSA) is 35.5 Å². The maximum absolute atomic E-state index is 10.9. The first-order valence-electron chi connectivity index (χ1n) is 6.26. The standard InChI is InChI=1S/C16H15BrO3/c1-12-2-5-15(6-3-12)19-8-9-20-16-7-4-14(17)10-13(16)11-18/h2-7,10-11H,8-9H2,1H3. The molecule has 0 saturated heterocycles. The molecule has 0 aromatic heterocycles. The van der Waals surface area contributed by atoms with E-state index in [1.807, 2.05) is 37.3 Å². The van der Waals surface area contributed by atoms with E-state index >= 15 is 0 Å². The Hall–Kier alpha value is -1.81. The zero-order valence-electron chi connectivity index (χ0n) is 11.1. The Morgan fingerprint density at radius 2 is 1.75 bits per heavy atom. The second kappa shape index (κ2) is 7.10. The summed E-state index contributed by atoms with van der Waals surface area (Å²) in [5, 5.41) is 0. The number of hydrogen-bond acceptors (Lipinski definition) is 3. The highest BCUT2D eigenvalue weighted by Crippen LogP contribution is 2.21. The summed E-state index contributed by atoms with van der Waals surface area (Å²) in [7, 11) is 0. The largest absolute Gasteiger partial charge is 0.490 e. The molecule has 104 valence electrons. The van der Waals surface area contributed by atoms with E-state index < -0.39 is 0 Å². The van der Waals surface area contributed by atoms with Gasteiger partial charge in [-0.05, 0) is 37.3 Å². The van der Waals surface area contributed by atoms with Gasteiger partial charge >= 0.3 is 0 Å². The molecular formula is C16H15BrO3. The lowest BCUT2D eigenvalue weighted by Crippen LogP contribution is -2.09. The van der Waals surface area contributed by atoms with Crippen LogP contribution < -0.4 is 9.47 Å². The molecule has 0 spiro atoms. The van der Waals surface area contributed by atoms with Crippen LogP contribution in [0, 0.1) is 6.92 Å². The van der Waals surface area contributed by atoms with Crippen LogP contribution in [0.15, 0.2) is 46.9 Å². The maximum Gasteiger partial charge on any atom is 0.153 e. The van der Waals surface area contributed by atoms with Gasteiger partial charge in [0.15, 0.2) is 6.29 Å². The molecule has 0 aliphatic rings. The average Bonchev–Trinajstić information content (AvgIpc) is 2.46. The number of benzene rings is 2. The molecule has 3 nitrogen and oxygen atoms in total. The number of ether oxygens (including phenoxy) is 2. The second-order valence-corrected chi connectivity index (χ2v) is 5.23. The van der Waals surface area contributed by atoms with E-state index in [2.05, 4.69) is 15.9 Å². The molecule has 0 saturated carbocycles. The summed E-state index contributed by atoms with van der Waals surface area (Å²) in [4.78, 5) is 10.9. The number of hydrogen-bond donors (Lipinski definition) is 0. The van der Waals surface area contributed by atoms with Gasteiger partial charge in [0.25, 0.3) is 0 Å². The van der Waals surface area contributed by atoms with E-state index in [9.17, 15) is 4.79 Å². The van der Waals surface area contributed by atoms with Crippen LogP contribution in [0.3, 0.4) is 0 Å². The van der Waals surface area contributed by atoms with Crippen LogP contribution in [0.2, 0.25) is 0 Å². The van der Waals surface area contributed by atoms with Gasteiger partial charge in [-0.25, -0.2) is 0 Å². The fourth-order valence-electron chi connectivity index (χ4n) is 1.69. The van der Waals surface area contributed by atoms with E-state index in [1.54, 1.807) is 12.1 Å². The predicted molar refractivity (Wildman–Crippen MR) is 81.7 cm³/mol. The maximum atomic E-state index is 10.9. The van der Waals surface area contributed by atoms with E-state index in [4.69, 9.17) is 9.47 Å². The third kappa shape index (κ3) is 4.10. The van der Waals surface area contributed by atoms with Crippen LogP contribution >= 0.6 is 15.9 Å². The molecule has 2 rings (SSSR count). The molecule has 0 N–H and O–H groups in total. The van der Waals surface area contributed by atoms with Crippen molar-refractivity contribution in [1.29, 1.82) is 0 Å². The van der Waals surface area contributed by atoms with Crippen molar-refractivity contribution in [1.82, 2.24) is 0 Å². The SMILES string of the molecule is Cc1ccc(OCCOc2ccc(Br)cc2C=O)cc1. The van der Waals surface area contributed by atoms with Crippen molar-refractivity contribution in [2.75, 3.05) is 13.2 Å². The summed E-state index contributed by atoms with van der Waals surface area (Å²) in [5.74, 6) is 1.38. The number of rotatable bonds is 6. The van der Waals surface area contributed by atoms with Crippen LogP contribution in [-0.2, 0) is 0 Å². The minimum absolute atomic E-state index is 0.385. The molecule has 0 unspecified atom stereocenters. The number of carbonyl (C=O) groups is 1. The van der Waals surface area contributed by atoms with Gasteiger partial charge in [-0.15, -0.1) is 0 Å². The molecule has 2 aromatic carbocycles. The summed E-state index contributed by atoms with van der Waals surface area (Å²) in [6, 6.07) is 13.2. The van der Waals surface area contributed by atoms with Crippen molar-refractivity contribution < 1.29 is 14.3 Å². The van der Waals surface area contributed by atoms with Crippen LogP contribution in [0.25, 0.3) is 0 Å². The fourth-order valence-corrected chi connectivity index (χ4v) is 2.07. The molecular weight excluding hydrogens is 320 g/mol. The molecule has 20 heavy (non-hydrogen) atoms. The van der Waals surface area contributed by atoms with Crippen LogP contribution in [0.4, 0.5) is 0 Å².